The number of rotatable bonds is 6. The van der Waals surface area contributed by atoms with Gasteiger partial charge in [-0.05, 0) is 60.9 Å². The second-order valence-electron chi connectivity index (χ2n) is 8.86. The van der Waals surface area contributed by atoms with E-state index in [0.29, 0.717) is 12.1 Å². The van der Waals surface area contributed by atoms with Gasteiger partial charge in [-0.25, -0.2) is 4.79 Å². The molecule has 1 unspecified atom stereocenters. The lowest BCUT2D eigenvalue weighted by Gasteiger charge is -2.23. The van der Waals surface area contributed by atoms with Gasteiger partial charge in [-0.2, -0.15) is 5.26 Å². The Hall–Kier alpha value is -3.40. The molecule has 3 rings (SSSR count). The molecule has 0 saturated heterocycles. The van der Waals surface area contributed by atoms with Crippen molar-refractivity contribution in [2.45, 2.75) is 65.0 Å². The fourth-order valence-corrected chi connectivity index (χ4v) is 4.27. The number of nitrogens with zero attached hydrogens (tertiary/aromatic N) is 2. The van der Waals surface area contributed by atoms with E-state index < -0.39 is 17.9 Å². The van der Waals surface area contributed by atoms with Crippen molar-refractivity contribution in [2.75, 3.05) is 7.11 Å². The summed E-state index contributed by atoms with van der Waals surface area (Å²) < 4.78 is 6.52. The van der Waals surface area contributed by atoms with Crippen molar-refractivity contribution in [3.05, 3.63) is 68.6 Å². The first-order valence-corrected chi connectivity index (χ1v) is 11.5. The summed E-state index contributed by atoms with van der Waals surface area (Å²) >= 11 is 0. The van der Waals surface area contributed by atoms with Gasteiger partial charge in [-0.1, -0.05) is 38.8 Å². The zero-order valence-corrected chi connectivity index (χ0v) is 19.5. The van der Waals surface area contributed by atoms with Crippen molar-refractivity contribution in [1.29, 1.82) is 5.26 Å². The van der Waals surface area contributed by atoms with E-state index in [-0.39, 0.29) is 17.0 Å². The van der Waals surface area contributed by atoms with Gasteiger partial charge >= 0.3 is 5.97 Å². The molecule has 0 spiro atoms. The number of amides is 1. The molecule has 1 aliphatic rings. The van der Waals surface area contributed by atoms with Crippen LogP contribution >= 0.6 is 0 Å². The Bertz CT molecular complexity index is 1110. The third-order valence-electron chi connectivity index (χ3n) is 6.18. The van der Waals surface area contributed by atoms with E-state index in [0.717, 1.165) is 55.3 Å². The maximum absolute atomic E-state index is 13.5. The molecule has 1 amide bonds. The number of aryl methyl sites for hydroxylation is 1. The summed E-state index contributed by atoms with van der Waals surface area (Å²) in [5, 5.41) is 11.8. The number of benzene rings is 1. The smallest absolute Gasteiger partial charge is 0.328 e. The molecule has 0 saturated carbocycles. The van der Waals surface area contributed by atoms with Crippen LogP contribution < -0.4 is 10.9 Å². The number of hydrogen-bond acceptors (Lipinski definition) is 5. The molecule has 1 aromatic heterocycles. The van der Waals surface area contributed by atoms with E-state index in [9.17, 15) is 14.4 Å². The largest absolute Gasteiger partial charge is 0.467 e. The summed E-state index contributed by atoms with van der Waals surface area (Å²) in [7, 11) is 1.28. The van der Waals surface area contributed by atoms with E-state index in [1.165, 1.54) is 7.11 Å². The molecule has 1 aliphatic carbocycles. The number of nitrogens with one attached hydrogen (secondary N) is 1. The number of aromatic nitrogens is 1. The second-order valence-corrected chi connectivity index (χ2v) is 8.86. The minimum Gasteiger partial charge on any atom is -0.467 e. The summed E-state index contributed by atoms with van der Waals surface area (Å²) in [6, 6.07) is 10.1. The fourth-order valence-electron chi connectivity index (χ4n) is 4.27. The first kappa shape index (κ1) is 24.2. The molecule has 33 heavy (non-hydrogen) atoms. The Morgan fingerprint density at radius 1 is 1.12 bits per heavy atom. The monoisotopic (exact) mass is 449 g/mol. The normalized spacial score (nSPS) is 14.4. The molecular formula is C26H31N3O4. The number of pyridine rings is 1. The van der Waals surface area contributed by atoms with Crippen LogP contribution in [0.5, 0.6) is 0 Å². The lowest BCUT2D eigenvalue weighted by atomic mass is 9.95. The first-order chi connectivity index (χ1) is 15.8. The highest BCUT2D eigenvalue weighted by molar-refractivity contribution is 5.96. The van der Waals surface area contributed by atoms with Crippen LogP contribution in [-0.2, 0) is 28.9 Å². The van der Waals surface area contributed by atoms with Crippen LogP contribution in [0.3, 0.4) is 0 Å². The number of esters is 1. The van der Waals surface area contributed by atoms with Crippen LogP contribution in [0.15, 0.2) is 35.1 Å². The summed E-state index contributed by atoms with van der Waals surface area (Å²) in [6.45, 7) is 3.94. The van der Waals surface area contributed by atoms with E-state index in [1.807, 2.05) is 26.0 Å². The standard InChI is InChI=1S/C26H31N3O4/c1-17(2)23(26(32)33-3)28-24(30)21-14-20-8-6-4-5-7-9-22(20)29(25(21)31)16-19-12-10-18(15-27)11-13-19/h10-14,17,23H,4-9,16H2,1-3H3,(H,28,30). The maximum atomic E-state index is 13.5. The van der Waals surface area contributed by atoms with Crippen LogP contribution in [0.25, 0.3) is 0 Å². The third kappa shape index (κ3) is 5.70. The number of carbonyl (C=O) groups excluding carboxylic acids is 2. The van der Waals surface area contributed by atoms with Crippen LogP contribution in [0, 0.1) is 17.2 Å². The zero-order chi connectivity index (χ0) is 24.0. The summed E-state index contributed by atoms with van der Waals surface area (Å²) in [5.41, 5.74) is 3.08. The third-order valence-corrected chi connectivity index (χ3v) is 6.18. The van der Waals surface area contributed by atoms with Gasteiger partial charge < -0.3 is 14.6 Å². The van der Waals surface area contributed by atoms with Crippen LogP contribution in [0.4, 0.5) is 0 Å². The number of ether oxygens (including phenoxy) is 1. The molecule has 1 aromatic carbocycles. The van der Waals surface area contributed by atoms with Gasteiger partial charge in [0.2, 0.25) is 0 Å². The average molecular weight is 450 g/mol. The minimum atomic E-state index is -0.837. The lowest BCUT2D eigenvalue weighted by molar-refractivity contribution is -0.144. The molecule has 0 aliphatic heterocycles. The molecule has 1 atom stereocenters. The van der Waals surface area contributed by atoms with E-state index in [2.05, 4.69) is 11.4 Å². The molecule has 0 bridgehead atoms. The Morgan fingerprint density at radius 3 is 2.39 bits per heavy atom. The molecule has 174 valence electrons. The Morgan fingerprint density at radius 2 is 1.79 bits per heavy atom. The molecule has 7 heteroatoms. The van der Waals surface area contributed by atoms with Gasteiger partial charge in [-0.15, -0.1) is 0 Å². The summed E-state index contributed by atoms with van der Waals surface area (Å²) in [4.78, 5) is 38.8. The maximum Gasteiger partial charge on any atom is 0.328 e. The number of hydrogen-bond donors (Lipinski definition) is 1. The lowest BCUT2D eigenvalue weighted by Crippen LogP contribution is -2.47. The number of methoxy groups -OCH3 is 1. The minimum absolute atomic E-state index is 0.0394. The topological polar surface area (TPSA) is 101 Å². The zero-order valence-electron chi connectivity index (χ0n) is 19.5. The molecular weight excluding hydrogens is 418 g/mol. The number of nitriles is 1. The van der Waals surface area contributed by atoms with Crippen molar-refractivity contribution in [2.24, 2.45) is 5.92 Å². The molecule has 7 nitrogen and oxygen atoms in total. The van der Waals surface area contributed by atoms with Crippen molar-refractivity contribution in [1.82, 2.24) is 9.88 Å². The quantitative estimate of drug-likeness (QED) is 0.682. The molecule has 2 aromatic rings. The highest BCUT2D eigenvalue weighted by Gasteiger charge is 2.28. The predicted molar refractivity (Wildman–Crippen MR) is 125 cm³/mol. The Balaban J connectivity index is 2.05. The average Bonchev–Trinajstić information content (AvgIpc) is 2.79. The molecule has 1 heterocycles. The van der Waals surface area contributed by atoms with Crippen molar-refractivity contribution in [3.8, 4) is 6.07 Å². The van der Waals surface area contributed by atoms with Crippen LogP contribution in [-0.4, -0.2) is 29.6 Å². The van der Waals surface area contributed by atoms with Crippen molar-refractivity contribution in [3.63, 3.8) is 0 Å². The van der Waals surface area contributed by atoms with Gasteiger partial charge in [0.05, 0.1) is 25.3 Å². The highest BCUT2D eigenvalue weighted by Crippen LogP contribution is 2.21. The molecule has 0 radical (unpaired) electrons. The van der Waals surface area contributed by atoms with E-state index >= 15 is 0 Å². The summed E-state index contributed by atoms with van der Waals surface area (Å²) in [5.74, 6) is -1.29. The Labute approximate surface area is 194 Å². The van der Waals surface area contributed by atoms with E-state index in [4.69, 9.17) is 10.00 Å². The molecule has 1 N–H and O–H groups in total. The van der Waals surface area contributed by atoms with Crippen molar-refractivity contribution < 1.29 is 14.3 Å². The van der Waals surface area contributed by atoms with E-state index in [1.54, 1.807) is 22.8 Å². The number of fused-ring (bicyclic) bond motifs is 1. The van der Waals surface area contributed by atoms with Crippen LogP contribution in [0.2, 0.25) is 0 Å². The molecule has 0 fully saturated rings. The highest BCUT2D eigenvalue weighted by atomic mass is 16.5. The number of carbonyl (C=O) groups is 2. The second kappa shape index (κ2) is 11.0. The van der Waals surface area contributed by atoms with Gasteiger partial charge in [0.25, 0.3) is 11.5 Å². The predicted octanol–water partition coefficient (Wildman–Crippen LogP) is 3.35. The van der Waals surface area contributed by atoms with Crippen molar-refractivity contribution >= 4 is 11.9 Å². The van der Waals surface area contributed by atoms with Crippen LogP contribution in [0.1, 0.15) is 72.3 Å². The van der Waals surface area contributed by atoms with Gasteiger partial charge in [-0.3, -0.25) is 9.59 Å². The fraction of sp³-hybridized carbons (Fsp3) is 0.462. The Kier molecular flexibility index (Phi) is 8.05. The van der Waals surface area contributed by atoms with Gasteiger partial charge in [0, 0.05) is 5.69 Å². The SMILES string of the molecule is COC(=O)C(NC(=O)c1cc2c(n(Cc3ccc(C#N)cc3)c1=O)CCCCCC2)C(C)C. The van der Waals surface area contributed by atoms with Gasteiger partial charge in [0.1, 0.15) is 11.6 Å². The summed E-state index contributed by atoms with van der Waals surface area (Å²) in [6.07, 6.45) is 5.80. The van der Waals surface area contributed by atoms with Gasteiger partial charge in [0.15, 0.2) is 0 Å². The first-order valence-electron chi connectivity index (χ1n) is 11.5.